The van der Waals surface area contributed by atoms with Crippen molar-refractivity contribution in [1.82, 2.24) is 4.98 Å². The molecule has 1 heterocycles. The number of hydrogen-bond acceptors (Lipinski definition) is 3. The summed E-state index contributed by atoms with van der Waals surface area (Å²) in [6, 6.07) is 16.3. The zero-order valence-electron chi connectivity index (χ0n) is 18.6. The van der Waals surface area contributed by atoms with Gasteiger partial charge in [0.1, 0.15) is 11.3 Å². The van der Waals surface area contributed by atoms with Gasteiger partial charge in [-0.1, -0.05) is 62.4 Å². The number of ether oxygens (including phenoxy) is 1. The van der Waals surface area contributed by atoms with Crippen LogP contribution in [0.25, 0.3) is 10.9 Å². The van der Waals surface area contributed by atoms with Crippen molar-refractivity contribution in [1.29, 1.82) is 0 Å². The molecule has 0 bridgehead atoms. The van der Waals surface area contributed by atoms with Gasteiger partial charge in [0, 0.05) is 11.6 Å². The molecule has 1 aliphatic carbocycles. The van der Waals surface area contributed by atoms with Crippen LogP contribution in [0.15, 0.2) is 54.7 Å². The Morgan fingerprint density at radius 2 is 1.84 bits per heavy atom. The Morgan fingerprint density at radius 3 is 2.58 bits per heavy atom. The lowest BCUT2D eigenvalue weighted by molar-refractivity contribution is -0.122. The van der Waals surface area contributed by atoms with Crippen LogP contribution in [0.4, 0.5) is 5.69 Å². The van der Waals surface area contributed by atoms with Crippen LogP contribution in [0.5, 0.6) is 5.75 Å². The molecule has 0 unspecified atom stereocenters. The second kappa shape index (κ2) is 9.51. The first-order valence-corrected chi connectivity index (χ1v) is 11.5. The summed E-state index contributed by atoms with van der Waals surface area (Å²) in [4.78, 5) is 18.3. The van der Waals surface area contributed by atoms with Crippen LogP contribution < -0.4 is 10.1 Å². The first kappa shape index (κ1) is 21.4. The first-order valence-electron chi connectivity index (χ1n) is 11.5. The highest BCUT2D eigenvalue weighted by molar-refractivity contribution is 6.06. The number of nitrogens with zero attached hydrogens (tertiary/aromatic N) is 1. The molecule has 0 saturated heterocycles. The summed E-state index contributed by atoms with van der Waals surface area (Å²) in [5.74, 6) is 0.855. The minimum atomic E-state index is -0.475. The van der Waals surface area contributed by atoms with E-state index in [2.05, 4.69) is 48.4 Å². The fourth-order valence-electron chi connectivity index (χ4n) is 4.62. The summed E-state index contributed by atoms with van der Waals surface area (Å²) < 4.78 is 5.96. The monoisotopic (exact) mass is 416 g/mol. The predicted octanol–water partition coefficient (Wildman–Crippen LogP) is 6.56. The summed E-state index contributed by atoms with van der Waals surface area (Å²) in [5.41, 5.74) is 3.46. The maximum atomic E-state index is 13.8. The molecular formula is C27H32N2O2. The lowest BCUT2D eigenvalue weighted by atomic mass is 9.68. The van der Waals surface area contributed by atoms with Crippen molar-refractivity contribution >= 4 is 22.5 Å². The van der Waals surface area contributed by atoms with Gasteiger partial charge in [-0.3, -0.25) is 9.78 Å². The van der Waals surface area contributed by atoms with Gasteiger partial charge in [0.15, 0.2) is 0 Å². The number of carbonyl (C=O) groups is 1. The van der Waals surface area contributed by atoms with Crippen molar-refractivity contribution < 1.29 is 9.53 Å². The van der Waals surface area contributed by atoms with Gasteiger partial charge in [-0.2, -0.15) is 0 Å². The number of aryl methyl sites for hydroxylation is 1. The lowest BCUT2D eigenvalue weighted by Gasteiger charge is -2.36. The second-order valence-electron chi connectivity index (χ2n) is 8.68. The molecule has 0 atom stereocenters. The number of amides is 1. The fraction of sp³-hybridized carbons (Fsp3) is 0.407. The number of pyridine rings is 1. The summed E-state index contributed by atoms with van der Waals surface area (Å²) in [7, 11) is 0. The minimum absolute atomic E-state index is 0.0841. The Morgan fingerprint density at radius 1 is 1.06 bits per heavy atom. The zero-order valence-corrected chi connectivity index (χ0v) is 18.6. The Kier molecular flexibility index (Phi) is 6.55. The van der Waals surface area contributed by atoms with E-state index in [9.17, 15) is 4.79 Å². The number of unbranched alkanes of at least 4 members (excludes halogenated alkanes) is 1. The van der Waals surface area contributed by atoms with Gasteiger partial charge in [-0.15, -0.1) is 0 Å². The number of benzene rings is 2. The quantitative estimate of drug-likeness (QED) is 0.444. The molecule has 1 aliphatic rings. The van der Waals surface area contributed by atoms with Crippen LogP contribution in [0.3, 0.4) is 0 Å². The summed E-state index contributed by atoms with van der Waals surface area (Å²) in [5, 5.41) is 4.18. The van der Waals surface area contributed by atoms with Gasteiger partial charge in [0.2, 0.25) is 5.91 Å². The summed E-state index contributed by atoms with van der Waals surface area (Å²) >= 11 is 0. The summed E-state index contributed by atoms with van der Waals surface area (Å²) in [6.45, 7) is 4.90. The largest absolute Gasteiger partial charge is 0.491 e. The third-order valence-corrected chi connectivity index (χ3v) is 6.48. The number of nitrogens with one attached hydrogen (secondary N) is 1. The highest BCUT2D eigenvalue weighted by Crippen LogP contribution is 2.41. The third-order valence-electron chi connectivity index (χ3n) is 6.48. The third kappa shape index (κ3) is 4.43. The molecule has 2 aromatic carbocycles. The van der Waals surface area contributed by atoms with E-state index in [0.29, 0.717) is 6.61 Å². The number of carbonyl (C=O) groups excluding carboxylic acids is 1. The summed E-state index contributed by atoms with van der Waals surface area (Å²) in [6.07, 6.45) is 8.98. The van der Waals surface area contributed by atoms with Crippen LogP contribution in [0.2, 0.25) is 0 Å². The van der Waals surface area contributed by atoms with Crippen LogP contribution >= 0.6 is 0 Å². The predicted molar refractivity (Wildman–Crippen MR) is 127 cm³/mol. The number of hydrogen-bond donors (Lipinski definition) is 1. The normalized spacial score (nSPS) is 15.5. The molecule has 4 nitrogen and oxygen atoms in total. The van der Waals surface area contributed by atoms with Crippen molar-refractivity contribution in [2.75, 3.05) is 11.9 Å². The molecule has 1 aromatic heterocycles. The number of fused-ring (bicyclic) bond motifs is 1. The molecule has 1 fully saturated rings. The van der Waals surface area contributed by atoms with Crippen molar-refractivity contribution in [3.8, 4) is 5.75 Å². The lowest BCUT2D eigenvalue weighted by Crippen LogP contribution is -2.42. The maximum Gasteiger partial charge on any atom is 0.235 e. The first-order chi connectivity index (χ1) is 15.1. The molecule has 0 spiro atoms. The van der Waals surface area contributed by atoms with E-state index in [1.165, 1.54) is 12.0 Å². The Balaban J connectivity index is 1.66. The molecule has 3 aromatic rings. The van der Waals surface area contributed by atoms with E-state index >= 15 is 0 Å². The Labute approximate surface area is 185 Å². The van der Waals surface area contributed by atoms with E-state index in [1.54, 1.807) is 6.20 Å². The van der Waals surface area contributed by atoms with Crippen LogP contribution in [0, 0.1) is 6.92 Å². The molecular weight excluding hydrogens is 384 g/mol. The van der Waals surface area contributed by atoms with E-state index in [-0.39, 0.29) is 5.91 Å². The smallest absolute Gasteiger partial charge is 0.235 e. The van der Waals surface area contributed by atoms with Crippen LogP contribution in [-0.4, -0.2) is 17.5 Å². The van der Waals surface area contributed by atoms with Gasteiger partial charge >= 0.3 is 0 Å². The molecule has 1 amide bonds. The molecule has 1 N–H and O–H groups in total. The SMILES string of the molecule is CCCCOc1ccc(NC(=O)C2(c3ccc(C)cc3)CCCCC2)c2cccnc12. The van der Waals surface area contributed by atoms with Crippen molar-refractivity contribution in [2.45, 2.75) is 64.2 Å². The highest BCUT2D eigenvalue weighted by Gasteiger charge is 2.41. The van der Waals surface area contributed by atoms with E-state index in [0.717, 1.165) is 66.4 Å². The molecule has 4 heteroatoms. The van der Waals surface area contributed by atoms with Gasteiger partial charge in [0.25, 0.3) is 0 Å². The molecule has 1 saturated carbocycles. The number of anilines is 1. The Hall–Kier alpha value is -2.88. The average molecular weight is 417 g/mol. The average Bonchev–Trinajstić information content (AvgIpc) is 2.81. The van der Waals surface area contributed by atoms with Gasteiger partial charge in [-0.05, 0) is 56.0 Å². The van der Waals surface area contributed by atoms with Crippen LogP contribution in [-0.2, 0) is 10.2 Å². The van der Waals surface area contributed by atoms with Crippen LogP contribution in [0.1, 0.15) is 63.0 Å². The zero-order chi connectivity index (χ0) is 21.7. The second-order valence-corrected chi connectivity index (χ2v) is 8.68. The molecule has 0 aliphatic heterocycles. The van der Waals surface area contributed by atoms with Gasteiger partial charge < -0.3 is 10.1 Å². The fourth-order valence-corrected chi connectivity index (χ4v) is 4.62. The molecule has 162 valence electrons. The molecule has 4 rings (SSSR count). The maximum absolute atomic E-state index is 13.8. The van der Waals surface area contributed by atoms with Gasteiger partial charge in [0.05, 0.1) is 17.7 Å². The van der Waals surface area contributed by atoms with E-state index < -0.39 is 5.41 Å². The number of rotatable bonds is 7. The standard InChI is InChI=1S/C27H32N2O2/c1-3-4-19-31-24-15-14-23(22-9-8-18-28-25(22)24)29-26(30)27(16-6-5-7-17-27)21-12-10-20(2)11-13-21/h8-15,18H,3-7,16-17,19H2,1-2H3,(H,29,30). The van der Waals surface area contributed by atoms with E-state index in [1.807, 2.05) is 24.3 Å². The van der Waals surface area contributed by atoms with Gasteiger partial charge in [-0.25, -0.2) is 0 Å². The molecule has 0 radical (unpaired) electrons. The topological polar surface area (TPSA) is 51.2 Å². The van der Waals surface area contributed by atoms with Crippen molar-refractivity contribution in [3.63, 3.8) is 0 Å². The van der Waals surface area contributed by atoms with Crippen molar-refractivity contribution in [2.24, 2.45) is 0 Å². The minimum Gasteiger partial charge on any atom is -0.491 e. The highest BCUT2D eigenvalue weighted by atomic mass is 16.5. The molecule has 31 heavy (non-hydrogen) atoms. The Bertz CT molecular complexity index is 1040. The van der Waals surface area contributed by atoms with E-state index in [4.69, 9.17) is 4.74 Å². The number of aromatic nitrogens is 1. The van der Waals surface area contributed by atoms with Crippen molar-refractivity contribution in [3.05, 3.63) is 65.9 Å².